The quantitative estimate of drug-likeness (QED) is 0.295. The summed E-state index contributed by atoms with van der Waals surface area (Å²) in [5.41, 5.74) is 5.96. The Morgan fingerprint density at radius 3 is 2.48 bits per heavy atom. The van der Waals surface area contributed by atoms with E-state index >= 15 is 0 Å². The van der Waals surface area contributed by atoms with Crippen LogP contribution in [0.1, 0.15) is 20.8 Å². The van der Waals surface area contributed by atoms with Gasteiger partial charge in [0.2, 0.25) is 0 Å². The van der Waals surface area contributed by atoms with Gasteiger partial charge in [0.05, 0.1) is 22.5 Å². The fourth-order valence-corrected chi connectivity index (χ4v) is 4.85. The Morgan fingerprint density at radius 2 is 1.67 bits per heavy atom. The molecule has 0 atom stereocenters. The van der Waals surface area contributed by atoms with Gasteiger partial charge in [-0.05, 0) is 44.2 Å². The summed E-state index contributed by atoms with van der Waals surface area (Å²) in [4.78, 5) is 23.9. The van der Waals surface area contributed by atoms with Crippen LogP contribution in [0.2, 0.25) is 5.02 Å². The van der Waals surface area contributed by atoms with Crippen molar-refractivity contribution in [2.45, 2.75) is 13.8 Å². The first-order valence-corrected chi connectivity index (χ1v) is 11.7. The van der Waals surface area contributed by atoms with E-state index in [1.54, 1.807) is 0 Å². The fourth-order valence-electron chi connectivity index (χ4n) is 3.83. The number of benzene rings is 3. The lowest BCUT2D eigenvalue weighted by Gasteiger charge is -2.10. The molecule has 6 heteroatoms. The molecule has 2 heterocycles. The highest BCUT2D eigenvalue weighted by Gasteiger charge is 2.17. The molecule has 0 radical (unpaired) electrons. The molecule has 0 spiro atoms. The molecule has 5 rings (SSSR count). The average molecular weight is 470 g/mol. The molecule has 3 aromatic carbocycles. The van der Waals surface area contributed by atoms with Gasteiger partial charge in [-0.25, -0.2) is 9.97 Å². The van der Waals surface area contributed by atoms with Crippen molar-refractivity contribution in [3.8, 4) is 22.5 Å². The highest BCUT2D eigenvalue weighted by molar-refractivity contribution is 7.16. The zero-order chi connectivity index (χ0) is 22.9. The van der Waals surface area contributed by atoms with Crippen molar-refractivity contribution >= 4 is 44.9 Å². The second-order valence-electron chi connectivity index (χ2n) is 7.83. The van der Waals surface area contributed by atoms with Gasteiger partial charge in [0.15, 0.2) is 5.13 Å². The van der Waals surface area contributed by atoms with Crippen molar-refractivity contribution in [1.82, 2.24) is 9.97 Å². The van der Waals surface area contributed by atoms with Crippen LogP contribution in [-0.4, -0.2) is 15.9 Å². The number of hydrogen-bond acceptors (Lipinski definition) is 4. The molecule has 0 aliphatic carbocycles. The van der Waals surface area contributed by atoms with E-state index in [1.807, 2.05) is 86.6 Å². The van der Waals surface area contributed by atoms with Crippen LogP contribution in [0.15, 0.2) is 78.9 Å². The standard InChI is InChI=1S/C27H20ClN3OS/c1-16-7-5-8-18(13-16)24-15-22(21-11-3-4-12-23(21)29-24)26(32)31-27-30-25(17(2)33-27)19-9-6-10-20(28)14-19/h3-15H,1-2H3,(H,30,31,32). The van der Waals surface area contributed by atoms with Crippen molar-refractivity contribution in [3.05, 3.63) is 99.9 Å². The van der Waals surface area contributed by atoms with Gasteiger partial charge < -0.3 is 0 Å². The third kappa shape index (κ3) is 4.38. The van der Waals surface area contributed by atoms with E-state index < -0.39 is 0 Å². The Labute approximate surface area is 200 Å². The lowest BCUT2D eigenvalue weighted by Crippen LogP contribution is -2.13. The number of rotatable bonds is 4. The van der Waals surface area contributed by atoms with E-state index in [1.165, 1.54) is 11.3 Å². The number of aromatic nitrogens is 2. The van der Waals surface area contributed by atoms with Crippen LogP contribution in [0.5, 0.6) is 0 Å². The number of para-hydroxylation sites is 1. The summed E-state index contributed by atoms with van der Waals surface area (Å²) in [6, 6.07) is 25.2. The van der Waals surface area contributed by atoms with Gasteiger partial charge in [0.25, 0.3) is 5.91 Å². The van der Waals surface area contributed by atoms with Crippen molar-refractivity contribution < 1.29 is 4.79 Å². The first kappa shape index (κ1) is 21.3. The van der Waals surface area contributed by atoms with Crippen molar-refractivity contribution in [2.24, 2.45) is 0 Å². The number of halogens is 1. The summed E-state index contributed by atoms with van der Waals surface area (Å²) in [6.45, 7) is 4.03. The van der Waals surface area contributed by atoms with Gasteiger partial charge in [-0.2, -0.15) is 0 Å². The minimum Gasteiger partial charge on any atom is -0.298 e. The zero-order valence-electron chi connectivity index (χ0n) is 18.1. The minimum absolute atomic E-state index is 0.214. The summed E-state index contributed by atoms with van der Waals surface area (Å²) in [5, 5.41) is 4.99. The maximum atomic E-state index is 13.4. The monoisotopic (exact) mass is 469 g/mol. The summed E-state index contributed by atoms with van der Waals surface area (Å²) in [7, 11) is 0. The number of carbonyl (C=O) groups is 1. The van der Waals surface area contributed by atoms with Gasteiger partial charge >= 0.3 is 0 Å². The summed E-state index contributed by atoms with van der Waals surface area (Å²) < 4.78 is 0. The van der Waals surface area contributed by atoms with Gasteiger partial charge in [-0.1, -0.05) is 65.7 Å². The summed E-state index contributed by atoms with van der Waals surface area (Å²) in [6.07, 6.45) is 0. The third-order valence-corrected chi connectivity index (χ3v) is 6.51. The van der Waals surface area contributed by atoms with Gasteiger partial charge in [0, 0.05) is 26.4 Å². The van der Waals surface area contributed by atoms with Crippen molar-refractivity contribution in [2.75, 3.05) is 5.32 Å². The molecule has 1 amide bonds. The Balaban J connectivity index is 1.53. The smallest absolute Gasteiger partial charge is 0.258 e. The first-order chi connectivity index (χ1) is 16.0. The molecule has 0 saturated carbocycles. The number of nitrogens with one attached hydrogen (secondary N) is 1. The van der Waals surface area contributed by atoms with Gasteiger partial charge in [-0.3, -0.25) is 10.1 Å². The normalized spacial score (nSPS) is 11.0. The van der Waals surface area contributed by atoms with Gasteiger partial charge in [0.1, 0.15) is 0 Å². The summed E-state index contributed by atoms with van der Waals surface area (Å²) >= 11 is 7.59. The number of pyridine rings is 1. The highest BCUT2D eigenvalue weighted by atomic mass is 35.5. The summed E-state index contributed by atoms with van der Waals surface area (Å²) in [5.74, 6) is -0.214. The average Bonchev–Trinajstić information content (AvgIpc) is 3.18. The number of aryl methyl sites for hydroxylation is 2. The molecular weight excluding hydrogens is 450 g/mol. The number of nitrogens with zero attached hydrogens (tertiary/aromatic N) is 2. The van der Waals surface area contributed by atoms with Crippen LogP contribution >= 0.6 is 22.9 Å². The molecule has 33 heavy (non-hydrogen) atoms. The second-order valence-corrected chi connectivity index (χ2v) is 9.47. The number of anilines is 1. The maximum absolute atomic E-state index is 13.4. The molecule has 0 aliphatic heterocycles. The van der Waals surface area contributed by atoms with Crippen LogP contribution in [0.3, 0.4) is 0 Å². The molecule has 0 bridgehead atoms. The van der Waals surface area contributed by atoms with E-state index in [9.17, 15) is 4.79 Å². The van der Waals surface area contributed by atoms with E-state index in [2.05, 4.69) is 16.4 Å². The van der Waals surface area contributed by atoms with E-state index in [-0.39, 0.29) is 5.91 Å². The van der Waals surface area contributed by atoms with E-state index in [0.717, 1.165) is 43.9 Å². The zero-order valence-corrected chi connectivity index (χ0v) is 19.7. The number of amides is 1. The lowest BCUT2D eigenvalue weighted by atomic mass is 10.0. The van der Waals surface area contributed by atoms with Gasteiger partial charge in [-0.15, -0.1) is 11.3 Å². The largest absolute Gasteiger partial charge is 0.298 e. The molecule has 0 fully saturated rings. The Morgan fingerprint density at radius 1 is 0.879 bits per heavy atom. The third-order valence-electron chi connectivity index (χ3n) is 5.39. The predicted molar refractivity (Wildman–Crippen MR) is 137 cm³/mol. The Kier molecular flexibility index (Phi) is 5.67. The highest BCUT2D eigenvalue weighted by Crippen LogP contribution is 2.32. The predicted octanol–water partition coefficient (Wildman–Crippen LogP) is 7.55. The molecule has 1 N–H and O–H groups in total. The maximum Gasteiger partial charge on any atom is 0.258 e. The molecule has 0 aliphatic rings. The lowest BCUT2D eigenvalue weighted by molar-refractivity contribution is 0.102. The Bertz CT molecular complexity index is 1510. The topological polar surface area (TPSA) is 54.9 Å². The molecule has 162 valence electrons. The number of hydrogen-bond donors (Lipinski definition) is 1. The number of carbonyl (C=O) groups excluding carboxylic acids is 1. The molecule has 0 saturated heterocycles. The van der Waals surface area contributed by atoms with Crippen molar-refractivity contribution in [3.63, 3.8) is 0 Å². The first-order valence-electron chi connectivity index (χ1n) is 10.5. The number of fused-ring (bicyclic) bond motifs is 1. The fraction of sp³-hybridized carbons (Fsp3) is 0.0741. The molecule has 4 nitrogen and oxygen atoms in total. The van der Waals surface area contributed by atoms with E-state index in [4.69, 9.17) is 16.6 Å². The molecule has 0 unspecified atom stereocenters. The molecular formula is C27H20ClN3OS. The van der Waals surface area contributed by atoms with Crippen LogP contribution in [-0.2, 0) is 0 Å². The van der Waals surface area contributed by atoms with Crippen LogP contribution in [0.25, 0.3) is 33.4 Å². The molecule has 2 aromatic heterocycles. The van der Waals surface area contributed by atoms with Crippen molar-refractivity contribution in [1.29, 1.82) is 0 Å². The minimum atomic E-state index is -0.214. The Hall–Kier alpha value is -3.54. The van der Waals surface area contributed by atoms with E-state index in [0.29, 0.717) is 15.7 Å². The second kappa shape index (κ2) is 8.77. The molecule has 5 aromatic rings. The number of thiazole rings is 1. The van der Waals surface area contributed by atoms with Crippen LogP contribution in [0, 0.1) is 13.8 Å². The van der Waals surface area contributed by atoms with Crippen LogP contribution in [0.4, 0.5) is 5.13 Å². The SMILES string of the molecule is Cc1cccc(-c2cc(C(=O)Nc3nc(-c4cccc(Cl)c4)c(C)s3)c3ccccc3n2)c1. The van der Waals surface area contributed by atoms with Crippen LogP contribution < -0.4 is 5.32 Å².